The van der Waals surface area contributed by atoms with Crippen molar-refractivity contribution in [3.63, 3.8) is 0 Å². The van der Waals surface area contributed by atoms with Crippen LogP contribution < -0.4 is 15.4 Å². The Bertz CT molecular complexity index is 614. The first-order valence-corrected chi connectivity index (χ1v) is 11.2. The molecule has 1 atom stereocenters. The maximum Gasteiger partial charge on any atom is 0.218 e. The zero-order valence-corrected chi connectivity index (χ0v) is 17.7. The molecular weight excluding hydrogens is 368 g/mol. The second-order valence-corrected chi connectivity index (χ2v) is 7.68. The molecule has 0 amide bonds. The Balaban J connectivity index is 1.41. The van der Waals surface area contributed by atoms with Gasteiger partial charge >= 0.3 is 0 Å². The van der Waals surface area contributed by atoms with Gasteiger partial charge in [0.05, 0.1) is 19.3 Å². The summed E-state index contributed by atoms with van der Waals surface area (Å²) in [7, 11) is 0. The highest BCUT2D eigenvalue weighted by molar-refractivity contribution is 5.79. The van der Waals surface area contributed by atoms with Crippen molar-refractivity contribution < 1.29 is 14.2 Å². The van der Waals surface area contributed by atoms with E-state index in [9.17, 15) is 0 Å². The van der Waals surface area contributed by atoms with Crippen LogP contribution in [-0.4, -0.2) is 56.1 Å². The van der Waals surface area contributed by atoms with Crippen molar-refractivity contribution in [3.05, 3.63) is 23.9 Å². The molecule has 1 aliphatic carbocycles. The molecule has 1 aliphatic heterocycles. The van der Waals surface area contributed by atoms with Crippen LogP contribution in [0, 0.1) is 0 Å². The summed E-state index contributed by atoms with van der Waals surface area (Å²) in [4.78, 5) is 9.15. The van der Waals surface area contributed by atoms with Crippen LogP contribution in [0.3, 0.4) is 0 Å². The largest absolute Gasteiger partial charge is 0.474 e. The van der Waals surface area contributed by atoms with Gasteiger partial charge in [-0.2, -0.15) is 0 Å². The maximum atomic E-state index is 6.12. The highest BCUT2D eigenvalue weighted by Crippen LogP contribution is 2.25. The summed E-state index contributed by atoms with van der Waals surface area (Å²) >= 11 is 0. The number of hydrogen-bond donors (Lipinski definition) is 2. The van der Waals surface area contributed by atoms with Gasteiger partial charge in [-0.3, -0.25) is 0 Å². The molecule has 2 aliphatic rings. The van der Waals surface area contributed by atoms with Crippen LogP contribution in [-0.2, 0) is 16.0 Å². The van der Waals surface area contributed by atoms with Crippen molar-refractivity contribution >= 4 is 5.96 Å². The molecular formula is C22H36N4O3. The summed E-state index contributed by atoms with van der Waals surface area (Å²) in [5.41, 5.74) is 1.02. The Labute approximate surface area is 174 Å². The third kappa shape index (κ3) is 7.82. The van der Waals surface area contributed by atoms with Gasteiger partial charge in [0.25, 0.3) is 0 Å². The van der Waals surface area contributed by atoms with Crippen molar-refractivity contribution in [1.82, 2.24) is 15.6 Å². The second kappa shape index (κ2) is 12.6. The van der Waals surface area contributed by atoms with Gasteiger partial charge in [-0.1, -0.05) is 6.07 Å². The predicted molar refractivity (Wildman–Crippen MR) is 114 cm³/mol. The van der Waals surface area contributed by atoms with Crippen LogP contribution >= 0.6 is 0 Å². The summed E-state index contributed by atoms with van der Waals surface area (Å²) in [6.07, 6.45) is 10.3. The summed E-state index contributed by atoms with van der Waals surface area (Å²) < 4.78 is 17.4. The minimum atomic E-state index is 0.293. The molecule has 3 rings (SSSR count). The minimum absolute atomic E-state index is 0.293. The number of ether oxygens (including phenoxy) is 3. The molecule has 2 N–H and O–H groups in total. The maximum absolute atomic E-state index is 6.12. The van der Waals surface area contributed by atoms with Gasteiger partial charge in [0.1, 0.15) is 6.10 Å². The highest BCUT2D eigenvalue weighted by Gasteiger charge is 2.18. The number of rotatable bonds is 11. The van der Waals surface area contributed by atoms with Gasteiger partial charge in [0, 0.05) is 38.1 Å². The number of guanidine groups is 1. The van der Waals surface area contributed by atoms with Crippen molar-refractivity contribution in [2.75, 3.05) is 32.9 Å². The summed E-state index contributed by atoms with van der Waals surface area (Å²) in [6.45, 7) is 6.56. The first kappa shape index (κ1) is 21.8. The molecule has 0 spiro atoms. The number of nitrogens with zero attached hydrogens (tertiary/aromatic N) is 2. The molecule has 1 saturated heterocycles. The van der Waals surface area contributed by atoms with E-state index < -0.39 is 0 Å². The Morgan fingerprint density at radius 1 is 1.24 bits per heavy atom. The molecule has 7 heteroatoms. The lowest BCUT2D eigenvalue weighted by Gasteiger charge is -2.15. The third-order valence-corrected chi connectivity index (χ3v) is 5.27. The van der Waals surface area contributed by atoms with E-state index >= 15 is 0 Å². The van der Waals surface area contributed by atoms with Gasteiger partial charge in [-0.05, 0) is 57.9 Å². The number of nitrogens with one attached hydrogen (secondary N) is 2. The monoisotopic (exact) mass is 404 g/mol. The van der Waals surface area contributed by atoms with Gasteiger partial charge in [-0.15, -0.1) is 0 Å². The lowest BCUT2D eigenvalue weighted by Crippen LogP contribution is -2.38. The van der Waals surface area contributed by atoms with E-state index in [1.54, 1.807) is 6.20 Å². The van der Waals surface area contributed by atoms with E-state index in [0.29, 0.717) is 25.4 Å². The predicted octanol–water partition coefficient (Wildman–Crippen LogP) is 3.04. The number of pyridine rings is 1. The lowest BCUT2D eigenvalue weighted by atomic mass is 10.2. The fourth-order valence-corrected chi connectivity index (χ4v) is 3.69. The van der Waals surface area contributed by atoms with Crippen LogP contribution in [0.5, 0.6) is 5.88 Å². The Morgan fingerprint density at radius 2 is 2.14 bits per heavy atom. The minimum Gasteiger partial charge on any atom is -0.474 e. The molecule has 0 bridgehead atoms. The quantitative estimate of drug-likeness (QED) is 0.335. The molecule has 0 radical (unpaired) electrons. The molecule has 162 valence electrons. The Hall–Kier alpha value is -1.86. The van der Waals surface area contributed by atoms with E-state index in [2.05, 4.69) is 22.5 Å². The standard InChI is InChI=1S/C22H36N4O3/c1-2-23-22(25-13-7-14-27-17-20-11-6-15-28-20)26-16-18-8-5-12-24-21(18)29-19-9-3-4-10-19/h5,8,12,19-20H,2-4,6-7,9-11,13-17H2,1H3,(H2,23,25,26). The van der Waals surface area contributed by atoms with Gasteiger partial charge in [0.2, 0.25) is 5.88 Å². The van der Waals surface area contributed by atoms with E-state index in [-0.39, 0.29) is 0 Å². The zero-order valence-electron chi connectivity index (χ0n) is 17.7. The summed E-state index contributed by atoms with van der Waals surface area (Å²) in [5, 5.41) is 6.68. The first-order chi connectivity index (χ1) is 14.3. The SMILES string of the molecule is CCNC(=NCc1cccnc1OC1CCCC1)NCCCOCC1CCCO1. The molecule has 1 aromatic rings. The molecule has 1 saturated carbocycles. The smallest absolute Gasteiger partial charge is 0.218 e. The number of aliphatic imine (C=N–C) groups is 1. The average Bonchev–Trinajstić information content (AvgIpc) is 3.44. The van der Waals surface area contributed by atoms with Crippen LogP contribution in [0.1, 0.15) is 57.4 Å². The van der Waals surface area contributed by atoms with E-state index in [4.69, 9.17) is 19.2 Å². The van der Waals surface area contributed by atoms with Crippen molar-refractivity contribution in [1.29, 1.82) is 0 Å². The molecule has 7 nitrogen and oxygen atoms in total. The van der Waals surface area contributed by atoms with Crippen LogP contribution in [0.15, 0.2) is 23.3 Å². The lowest BCUT2D eigenvalue weighted by molar-refractivity contribution is 0.0168. The fraction of sp³-hybridized carbons (Fsp3) is 0.727. The summed E-state index contributed by atoms with van der Waals surface area (Å²) in [5.74, 6) is 1.53. The van der Waals surface area contributed by atoms with Crippen LogP contribution in [0.4, 0.5) is 0 Å². The average molecular weight is 405 g/mol. The normalized spacial score (nSPS) is 20.2. The van der Waals surface area contributed by atoms with Crippen molar-refractivity contribution in [2.24, 2.45) is 4.99 Å². The van der Waals surface area contributed by atoms with E-state index in [1.165, 1.54) is 12.8 Å². The third-order valence-electron chi connectivity index (χ3n) is 5.27. The van der Waals surface area contributed by atoms with Gasteiger partial charge < -0.3 is 24.8 Å². The van der Waals surface area contributed by atoms with Crippen LogP contribution in [0.25, 0.3) is 0 Å². The zero-order chi connectivity index (χ0) is 20.2. The Morgan fingerprint density at radius 3 is 2.93 bits per heavy atom. The van der Waals surface area contributed by atoms with Gasteiger partial charge in [-0.25, -0.2) is 9.98 Å². The molecule has 2 fully saturated rings. The summed E-state index contributed by atoms with van der Waals surface area (Å²) in [6, 6.07) is 3.99. The molecule has 29 heavy (non-hydrogen) atoms. The first-order valence-electron chi connectivity index (χ1n) is 11.2. The number of hydrogen-bond acceptors (Lipinski definition) is 5. The number of aromatic nitrogens is 1. The van der Waals surface area contributed by atoms with Crippen molar-refractivity contribution in [3.8, 4) is 5.88 Å². The molecule has 0 aromatic carbocycles. The van der Waals surface area contributed by atoms with E-state index in [0.717, 1.165) is 75.8 Å². The van der Waals surface area contributed by atoms with Gasteiger partial charge in [0.15, 0.2) is 5.96 Å². The van der Waals surface area contributed by atoms with E-state index in [1.807, 2.05) is 12.1 Å². The Kier molecular flexibility index (Phi) is 9.53. The highest BCUT2D eigenvalue weighted by atomic mass is 16.5. The fourth-order valence-electron chi connectivity index (χ4n) is 3.69. The van der Waals surface area contributed by atoms with Crippen molar-refractivity contribution in [2.45, 2.75) is 70.6 Å². The molecule has 1 aromatic heterocycles. The topological polar surface area (TPSA) is 77.0 Å². The molecule has 1 unspecified atom stereocenters. The van der Waals surface area contributed by atoms with Crippen LogP contribution in [0.2, 0.25) is 0 Å². The second-order valence-electron chi connectivity index (χ2n) is 7.68. The molecule has 2 heterocycles.